The van der Waals surface area contributed by atoms with E-state index in [-0.39, 0.29) is 23.7 Å². The van der Waals surface area contributed by atoms with Crippen molar-refractivity contribution in [3.63, 3.8) is 0 Å². The Morgan fingerprint density at radius 3 is 2.88 bits per heavy atom. The molecule has 1 N–H and O–H groups in total. The maximum Gasteiger partial charge on any atom is 0.292 e. The normalized spacial score (nSPS) is 10.4. The number of para-hydroxylation sites is 2. The molecule has 1 aromatic carbocycles. The number of carbonyl (C=O) groups is 1. The van der Waals surface area contributed by atoms with Gasteiger partial charge in [0.2, 0.25) is 5.91 Å². The van der Waals surface area contributed by atoms with Crippen molar-refractivity contribution in [1.29, 1.82) is 0 Å². The number of amides is 1. The highest BCUT2D eigenvalue weighted by atomic mass is 32.2. The van der Waals surface area contributed by atoms with Gasteiger partial charge in [0.1, 0.15) is 11.5 Å². The molecule has 2 aromatic rings. The van der Waals surface area contributed by atoms with Crippen LogP contribution >= 0.6 is 11.8 Å². The number of nitro groups is 1. The van der Waals surface area contributed by atoms with E-state index >= 15 is 0 Å². The molecule has 2 rings (SSSR count). The van der Waals surface area contributed by atoms with Crippen LogP contribution in [0.5, 0.6) is 0 Å². The summed E-state index contributed by atoms with van der Waals surface area (Å²) in [4.78, 5) is 22.5. The van der Waals surface area contributed by atoms with Crippen molar-refractivity contribution >= 4 is 29.0 Å². The lowest BCUT2D eigenvalue weighted by Gasteiger charge is -2.07. The largest absolute Gasteiger partial charge is 0.320 e. The molecule has 0 radical (unpaired) electrons. The summed E-state index contributed by atoms with van der Waals surface area (Å²) in [5.41, 5.74) is 0.0763. The van der Waals surface area contributed by atoms with E-state index < -0.39 is 4.92 Å². The molecule has 0 fully saturated rings. The average molecular weight is 361 g/mol. The summed E-state index contributed by atoms with van der Waals surface area (Å²) in [6, 6.07) is 6.06. The van der Waals surface area contributed by atoms with Gasteiger partial charge in [0.15, 0.2) is 5.16 Å². The summed E-state index contributed by atoms with van der Waals surface area (Å²) in [7, 11) is 0. The Labute approximate surface area is 149 Å². The number of hydrogen-bond donors (Lipinski definition) is 1. The third-order valence-corrected chi connectivity index (χ3v) is 4.32. The standard InChI is InChI=1S/C16H19N5O3S/c1-3-10-20-14(4-2)18-19-16(20)25-11-9-15(22)17-12-7-5-6-8-13(12)21(23)24/h3,5-8H,1,4,9-11H2,2H3,(H,17,22). The molecule has 0 spiro atoms. The third kappa shape index (κ3) is 4.90. The molecule has 0 aliphatic carbocycles. The van der Waals surface area contributed by atoms with Crippen LogP contribution < -0.4 is 5.32 Å². The van der Waals surface area contributed by atoms with Gasteiger partial charge in [-0.1, -0.05) is 36.9 Å². The van der Waals surface area contributed by atoms with Crippen LogP contribution in [-0.4, -0.2) is 31.3 Å². The Bertz CT molecular complexity index is 775. The van der Waals surface area contributed by atoms with Gasteiger partial charge in [-0.25, -0.2) is 0 Å². The molecule has 1 heterocycles. The molecule has 132 valence electrons. The fraction of sp³-hybridized carbons (Fsp3) is 0.312. The number of anilines is 1. The second kappa shape index (κ2) is 8.97. The van der Waals surface area contributed by atoms with Gasteiger partial charge in [0, 0.05) is 31.2 Å². The van der Waals surface area contributed by atoms with Gasteiger partial charge in [-0.3, -0.25) is 14.9 Å². The molecule has 0 atom stereocenters. The zero-order valence-electron chi connectivity index (χ0n) is 13.8. The van der Waals surface area contributed by atoms with E-state index in [1.54, 1.807) is 18.2 Å². The molecule has 0 aliphatic rings. The molecular weight excluding hydrogens is 342 g/mol. The maximum atomic E-state index is 12.0. The lowest BCUT2D eigenvalue weighted by molar-refractivity contribution is -0.383. The quantitative estimate of drug-likeness (QED) is 0.319. The van der Waals surface area contributed by atoms with Gasteiger partial charge < -0.3 is 9.88 Å². The molecule has 1 aromatic heterocycles. The minimum Gasteiger partial charge on any atom is -0.320 e. The van der Waals surface area contributed by atoms with Crippen LogP contribution in [0.4, 0.5) is 11.4 Å². The lowest BCUT2D eigenvalue weighted by atomic mass is 10.2. The van der Waals surface area contributed by atoms with Gasteiger partial charge in [-0.15, -0.1) is 16.8 Å². The van der Waals surface area contributed by atoms with Crippen LogP contribution in [-0.2, 0) is 17.8 Å². The number of nitrogens with one attached hydrogen (secondary N) is 1. The highest BCUT2D eigenvalue weighted by Crippen LogP contribution is 2.24. The van der Waals surface area contributed by atoms with Crippen molar-refractivity contribution in [2.45, 2.75) is 31.5 Å². The number of allylic oxidation sites excluding steroid dienone is 1. The summed E-state index contributed by atoms with van der Waals surface area (Å²) in [6.07, 6.45) is 2.74. The molecule has 0 aliphatic heterocycles. The van der Waals surface area contributed by atoms with E-state index in [0.717, 1.165) is 17.4 Å². The van der Waals surface area contributed by atoms with Crippen LogP contribution in [0.15, 0.2) is 42.1 Å². The number of aromatic nitrogens is 3. The number of hydrogen-bond acceptors (Lipinski definition) is 6. The second-order valence-corrected chi connectivity index (χ2v) is 6.13. The van der Waals surface area contributed by atoms with Crippen LogP contribution in [0.1, 0.15) is 19.2 Å². The first-order valence-corrected chi connectivity index (χ1v) is 8.74. The van der Waals surface area contributed by atoms with Crippen molar-refractivity contribution in [1.82, 2.24) is 14.8 Å². The summed E-state index contributed by atoms with van der Waals surface area (Å²) >= 11 is 1.42. The van der Waals surface area contributed by atoms with Crippen molar-refractivity contribution in [2.24, 2.45) is 0 Å². The number of aryl methyl sites for hydroxylation is 1. The Balaban J connectivity index is 1.92. The zero-order chi connectivity index (χ0) is 18.2. The number of thioether (sulfide) groups is 1. The molecule has 0 saturated heterocycles. The minimum absolute atomic E-state index is 0.123. The maximum absolute atomic E-state index is 12.0. The zero-order valence-corrected chi connectivity index (χ0v) is 14.7. The Morgan fingerprint density at radius 1 is 1.44 bits per heavy atom. The topological polar surface area (TPSA) is 103 Å². The number of benzene rings is 1. The fourth-order valence-corrected chi connectivity index (χ4v) is 3.09. The van der Waals surface area contributed by atoms with Crippen LogP contribution in [0, 0.1) is 10.1 Å². The molecule has 25 heavy (non-hydrogen) atoms. The van der Waals surface area contributed by atoms with Gasteiger partial charge >= 0.3 is 0 Å². The van der Waals surface area contributed by atoms with Crippen LogP contribution in [0.3, 0.4) is 0 Å². The number of nitro benzene ring substituents is 1. The van der Waals surface area contributed by atoms with Gasteiger partial charge in [0.05, 0.1) is 4.92 Å². The SMILES string of the molecule is C=CCn1c(CC)nnc1SCCC(=O)Nc1ccccc1[N+](=O)[O-]. The fourth-order valence-electron chi connectivity index (χ4n) is 2.19. The smallest absolute Gasteiger partial charge is 0.292 e. The number of carbonyl (C=O) groups excluding carboxylic acids is 1. The molecule has 0 unspecified atom stereocenters. The molecule has 9 heteroatoms. The van der Waals surface area contributed by atoms with Crippen molar-refractivity contribution in [2.75, 3.05) is 11.1 Å². The van der Waals surface area contributed by atoms with Crippen LogP contribution in [0.2, 0.25) is 0 Å². The summed E-state index contributed by atoms with van der Waals surface area (Å²) in [5, 5.41) is 22.5. The third-order valence-electron chi connectivity index (χ3n) is 3.36. The minimum atomic E-state index is -0.519. The van der Waals surface area contributed by atoms with Crippen molar-refractivity contribution < 1.29 is 9.72 Å². The summed E-state index contributed by atoms with van der Waals surface area (Å²) < 4.78 is 1.96. The number of nitrogens with zero attached hydrogens (tertiary/aromatic N) is 4. The van der Waals surface area contributed by atoms with Gasteiger partial charge in [0.25, 0.3) is 5.69 Å². The van der Waals surface area contributed by atoms with E-state index in [1.807, 2.05) is 11.5 Å². The van der Waals surface area contributed by atoms with Crippen LogP contribution in [0.25, 0.3) is 0 Å². The molecular formula is C16H19N5O3S. The molecule has 8 nitrogen and oxygen atoms in total. The van der Waals surface area contributed by atoms with Gasteiger partial charge in [-0.2, -0.15) is 0 Å². The van der Waals surface area contributed by atoms with Crippen molar-refractivity contribution in [3.05, 3.63) is 52.9 Å². The monoisotopic (exact) mass is 361 g/mol. The molecule has 1 amide bonds. The van der Waals surface area contributed by atoms with E-state index in [2.05, 4.69) is 22.1 Å². The molecule has 0 saturated carbocycles. The number of rotatable bonds is 9. The Hall–Kier alpha value is -2.68. The Morgan fingerprint density at radius 2 is 2.20 bits per heavy atom. The highest BCUT2D eigenvalue weighted by Gasteiger charge is 2.15. The predicted molar refractivity (Wildman–Crippen MR) is 96.7 cm³/mol. The Kier molecular flexibility index (Phi) is 6.70. The highest BCUT2D eigenvalue weighted by molar-refractivity contribution is 7.99. The molecule has 0 bridgehead atoms. The first-order chi connectivity index (χ1) is 12.1. The second-order valence-electron chi connectivity index (χ2n) is 5.07. The summed E-state index contributed by atoms with van der Waals surface area (Å²) in [5.74, 6) is 1.07. The average Bonchev–Trinajstić information content (AvgIpc) is 2.97. The predicted octanol–water partition coefficient (Wildman–Crippen LogP) is 3.06. The van der Waals surface area contributed by atoms with Gasteiger partial charge in [-0.05, 0) is 6.07 Å². The van der Waals surface area contributed by atoms with E-state index in [9.17, 15) is 14.9 Å². The first kappa shape index (κ1) is 18.7. The van der Waals surface area contributed by atoms with E-state index in [1.165, 1.54) is 23.9 Å². The lowest BCUT2D eigenvalue weighted by Crippen LogP contribution is -2.13. The van der Waals surface area contributed by atoms with E-state index in [4.69, 9.17) is 0 Å². The first-order valence-electron chi connectivity index (χ1n) is 7.75. The van der Waals surface area contributed by atoms with E-state index in [0.29, 0.717) is 12.3 Å². The van der Waals surface area contributed by atoms with Crippen molar-refractivity contribution in [3.8, 4) is 0 Å². The summed E-state index contributed by atoms with van der Waals surface area (Å²) in [6.45, 7) is 6.34.